The number of aromatic amines is 1. The number of aromatic nitrogens is 1. The Morgan fingerprint density at radius 3 is 2.61 bits per heavy atom. The van der Waals surface area contributed by atoms with Crippen molar-refractivity contribution < 1.29 is 28.8 Å². The molecule has 8 heteroatoms. The van der Waals surface area contributed by atoms with Gasteiger partial charge in [-0.15, -0.1) is 0 Å². The van der Waals surface area contributed by atoms with Gasteiger partial charge in [-0.05, 0) is 65.0 Å². The summed E-state index contributed by atoms with van der Waals surface area (Å²) in [6, 6.07) is 3.49. The number of benzene rings is 1. The van der Waals surface area contributed by atoms with Gasteiger partial charge in [0.1, 0.15) is 12.4 Å². The van der Waals surface area contributed by atoms with E-state index in [0.717, 1.165) is 55.0 Å². The zero-order chi connectivity index (χ0) is 25.7. The van der Waals surface area contributed by atoms with Gasteiger partial charge in [-0.2, -0.15) is 4.98 Å². The van der Waals surface area contributed by atoms with E-state index in [9.17, 15) is 9.59 Å². The van der Waals surface area contributed by atoms with Crippen molar-refractivity contribution in [3.63, 3.8) is 0 Å². The standard InChI is InChI=1S/C28H35N3O5/c1-4-34-21-10-6-18(7-11-21)5-8-19-15-30-28(35-16-20-9-12-26(32)31-20)23-14-25(36-17(2)3)24(27(29)33)13-22(19)23/h13-15,17-18,20-21H,4,6-7,9-12,16H2,1-3H3,(H2,29,33)(H,31,32)/p+1/t18?,20-,21?/m0/s1. The number of carbonyl (C=O) groups excluding carboxylic acids is 2. The van der Waals surface area contributed by atoms with Crippen molar-refractivity contribution in [2.75, 3.05) is 13.2 Å². The molecule has 0 unspecified atom stereocenters. The Labute approximate surface area is 212 Å². The molecule has 1 aromatic carbocycles. The fourth-order valence-electron chi connectivity index (χ4n) is 4.83. The van der Waals surface area contributed by atoms with Crippen LogP contribution in [0.15, 0.2) is 18.3 Å². The lowest BCUT2D eigenvalue weighted by Crippen LogP contribution is -2.31. The number of hydrogen-bond acceptors (Lipinski definition) is 5. The molecule has 36 heavy (non-hydrogen) atoms. The van der Waals surface area contributed by atoms with Crippen LogP contribution >= 0.6 is 0 Å². The van der Waals surface area contributed by atoms with Crippen LogP contribution in [0.5, 0.6) is 11.6 Å². The lowest BCUT2D eigenvalue weighted by atomic mass is 9.87. The van der Waals surface area contributed by atoms with Crippen molar-refractivity contribution in [1.82, 2.24) is 5.32 Å². The van der Waals surface area contributed by atoms with Crippen molar-refractivity contribution >= 4 is 22.6 Å². The van der Waals surface area contributed by atoms with Crippen LogP contribution in [0.3, 0.4) is 0 Å². The van der Waals surface area contributed by atoms with Crippen molar-refractivity contribution in [2.45, 2.75) is 77.5 Å². The summed E-state index contributed by atoms with van der Waals surface area (Å²) < 4.78 is 17.8. The first-order valence-corrected chi connectivity index (χ1v) is 12.9. The third-order valence-electron chi connectivity index (χ3n) is 6.63. The summed E-state index contributed by atoms with van der Waals surface area (Å²) >= 11 is 0. The minimum absolute atomic E-state index is 0.0384. The Morgan fingerprint density at radius 1 is 1.19 bits per heavy atom. The van der Waals surface area contributed by atoms with E-state index < -0.39 is 5.91 Å². The summed E-state index contributed by atoms with van der Waals surface area (Å²) in [6.07, 6.45) is 7.29. The highest BCUT2D eigenvalue weighted by molar-refractivity contribution is 6.02. The highest BCUT2D eigenvalue weighted by atomic mass is 16.5. The smallest absolute Gasteiger partial charge is 0.374 e. The molecular formula is C28H36N3O5+. The van der Waals surface area contributed by atoms with Crippen LogP contribution in [0.4, 0.5) is 0 Å². The van der Waals surface area contributed by atoms with Gasteiger partial charge in [-0.3, -0.25) is 9.59 Å². The van der Waals surface area contributed by atoms with Crippen molar-refractivity contribution in [3.05, 3.63) is 29.5 Å². The molecule has 2 heterocycles. The second-order valence-electron chi connectivity index (χ2n) is 9.77. The molecule has 1 atom stereocenters. The van der Waals surface area contributed by atoms with Gasteiger partial charge in [0, 0.05) is 24.3 Å². The van der Waals surface area contributed by atoms with E-state index >= 15 is 0 Å². The number of amides is 2. The molecule has 0 radical (unpaired) electrons. The molecule has 1 aliphatic carbocycles. The van der Waals surface area contributed by atoms with Gasteiger partial charge in [-0.1, -0.05) is 11.8 Å². The number of rotatable bonds is 8. The number of pyridine rings is 1. The fourth-order valence-corrected chi connectivity index (χ4v) is 4.83. The minimum Gasteiger partial charge on any atom is -0.490 e. The molecule has 2 amide bonds. The van der Waals surface area contributed by atoms with E-state index in [0.29, 0.717) is 42.2 Å². The molecule has 4 rings (SSSR count). The van der Waals surface area contributed by atoms with Crippen LogP contribution in [-0.4, -0.2) is 43.3 Å². The first-order chi connectivity index (χ1) is 17.3. The number of hydrogen-bond donors (Lipinski definition) is 2. The second-order valence-corrected chi connectivity index (χ2v) is 9.77. The monoisotopic (exact) mass is 494 g/mol. The molecule has 0 bridgehead atoms. The average Bonchev–Trinajstić information content (AvgIpc) is 3.27. The second kappa shape index (κ2) is 11.6. The molecular weight excluding hydrogens is 458 g/mol. The Kier molecular flexibility index (Phi) is 8.32. The van der Waals surface area contributed by atoms with E-state index in [4.69, 9.17) is 19.9 Å². The average molecular weight is 495 g/mol. The summed E-state index contributed by atoms with van der Waals surface area (Å²) in [5, 5.41) is 4.42. The molecule has 8 nitrogen and oxygen atoms in total. The number of primary amides is 1. The normalized spacial score (nSPS) is 21.7. The molecule has 4 N–H and O–H groups in total. The van der Waals surface area contributed by atoms with Crippen LogP contribution in [-0.2, 0) is 9.53 Å². The van der Waals surface area contributed by atoms with Crippen LogP contribution in [0.25, 0.3) is 10.8 Å². The molecule has 2 fully saturated rings. The number of carbonyl (C=O) groups is 2. The quantitative estimate of drug-likeness (QED) is 0.547. The van der Waals surface area contributed by atoms with Gasteiger partial charge >= 0.3 is 5.88 Å². The fraction of sp³-hybridized carbons (Fsp3) is 0.536. The van der Waals surface area contributed by atoms with E-state index in [1.54, 1.807) is 18.3 Å². The molecule has 2 aromatic rings. The maximum atomic E-state index is 12.3. The maximum Gasteiger partial charge on any atom is 0.374 e. The first-order valence-electron chi connectivity index (χ1n) is 12.9. The summed E-state index contributed by atoms with van der Waals surface area (Å²) in [5.74, 6) is 7.46. The van der Waals surface area contributed by atoms with Gasteiger partial charge in [-0.25, -0.2) is 0 Å². The third kappa shape index (κ3) is 6.27. The predicted octanol–water partition coefficient (Wildman–Crippen LogP) is 3.14. The van der Waals surface area contributed by atoms with E-state index in [1.165, 1.54) is 0 Å². The SMILES string of the molecule is CCOC1CCC(C#Cc2c[nH+]c(OC[C@@H]3CCC(=O)N3)c3cc(OC(C)C)c(C(N)=O)cc23)CC1. The first kappa shape index (κ1) is 25.8. The lowest BCUT2D eigenvalue weighted by Gasteiger charge is -2.25. The zero-order valence-corrected chi connectivity index (χ0v) is 21.3. The van der Waals surface area contributed by atoms with E-state index in [-0.39, 0.29) is 18.1 Å². The summed E-state index contributed by atoms with van der Waals surface area (Å²) in [5.41, 5.74) is 6.77. The Hall–Kier alpha value is -3.31. The van der Waals surface area contributed by atoms with E-state index in [2.05, 4.69) is 22.1 Å². The largest absolute Gasteiger partial charge is 0.490 e. The van der Waals surface area contributed by atoms with E-state index in [1.807, 2.05) is 20.8 Å². The predicted molar refractivity (Wildman–Crippen MR) is 136 cm³/mol. The number of nitrogens with two attached hydrogens (primary N) is 1. The molecule has 1 saturated carbocycles. The Balaban J connectivity index is 1.67. The number of nitrogens with one attached hydrogen (secondary N) is 2. The molecule has 0 spiro atoms. The number of ether oxygens (including phenoxy) is 3. The third-order valence-corrected chi connectivity index (χ3v) is 6.63. The van der Waals surface area contributed by atoms with Gasteiger partial charge in [0.15, 0.2) is 6.20 Å². The molecule has 1 aromatic heterocycles. The Bertz CT molecular complexity index is 1180. The highest BCUT2D eigenvalue weighted by Crippen LogP contribution is 2.33. The van der Waals surface area contributed by atoms with Crippen LogP contribution in [0.2, 0.25) is 0 Å². The molecule has 1 aliphatic heterocycles. The summed E-state index contributed by atoms with van der Waals surface area (Å²) in [6.45, 7) is 6.90. The van der Waals surface area contributed by atoms with Crippen molar-refractivity contribution in [2.24, 2.45) is 11.7 Å². The van der Waals surface area contributed by atoms with Gasteiger partial charge in [0.25, 0.3) is 5.91 Å². The maximum absolute atomic E-state index is 12.3. The molecule has 2 aliphatic rings. The molecule has 1 saturated heterocycles. The number of fused-ring (bicyclic) bond motifs is 1. The van der Waals surface area contributed by atoms with Crippen LogP contribution in [0.1, 0.15) is 75.2 Å². The highest BCUT2D eigenvalue weighted by Gasteiger charge is 2.25. The van der Waals surface area contributed by atoms with Gasteiger partial charge in [0.2, 0.25) is 5.91 Å². The van der Waals surface area contributed by atoms with Gasteiger partial charge in [0.05, 0.1) is 34.8 Å². The van der Waals surface area contributed by atoms with Crippen LogP contribution < -0.4 is 25.5 Å². The molecule has 192 valence electrons. The summed E-state index contributed by atoms with van der Waals surface area (Å²) in [7, 11) is 0. The van der Waals surface area contributed by atoms with Crippen molar-refractivity contribution in [1.29, 1.82) is 0 Å². The van der Waals surface area contributed by atoms with Crippen molar-refractivity contribution in [3.8, 4) is 23.5 Å². The lowest BCUT2D eigenvalue weighted by molar-refractivity contribution is -0.392. The van der Waals surface area contributed by atoms with Gasteiger partial charge < -0.3 is 25.3 Å². The Morgan fingerprint density at radius 2 is 1.97 bits per heavy atom. The van der Waals surface area contributed by atoms with Crippen LogP contribution in [0, 0.1) is 17.8 Å². The summed E-state index contributed by atoms with van der Waals surface area (Å²) in [4.78, 5) is 27.1. The zero-order valence-electron chi connectivity index (χ0n) is 21.3. The number of H-pyrrole nitrogens is 1. The topological polar surface area (TPSA) is 114 Å². The minimum atomic E-state index is -0.565.